The molecule has 0 aromatic carbocycles. The molecular weight excluding hydrogens is 220 g/mol. The second-order valence-electron chi connectivity index (χ2n) is 4.06. The largest absolute Gasteiger partial charge is 0.332 e. The van der Waals surface area contributed by atoms with E-state index in [1.165, 1.54) is 4.88 Å². The maximum atomic E-state index is 4.42. The Labute approximate surface area is 99.4 Å². The van der Waals surface area contributed by atoms with Crippen LogP contribution in [0, 0.1) is 0 Å². The summed E-state index contributed by atoms with van der Waals surface area (Å²) < 4.78 is 1.98. The quantitative estimate of drug-likeness (QED) is 0.883. The molecule has 0 saturated carbocycles. The van der Waals surface area contributed by atoms with Gasteiger partial charge in [-0.1, -0.05) is 13.8 Å². The fraction of sp³-hybridized carbons (Fsp3) is 0.455. The minimum absolute atomic E-state index is 0.502. The summed E-state index contributed by atoms with van der Waals surface area (Å²) in [5.41, 5.74) is 1.07. The van der Waals surface area contributed by atoms with Crippen molar-refractivity contribution in [2.24, 2.45) is 7.05 Å². The van der Waals surface area contributed by atoms with Crippen molar-refractivity contribution in [3.8, 4) is 10.7 Å². The van der Waals surface area contributed by atoms with Crippen molar-refractivity contribution in [1.82, 2.24) is 19.9 Å². The zero-order valence-corrected chi connectivity index (χ0v) is 10.6. The van der Waals surface area contributed by atoms with E-state index in [1.54, 1.807) is 17.7 Å². The van der Waals surface area contributed by atoms with Gasteiger partial charge in [-0.2, -0.15) is 0 Å². The summed E-state index contributed by atoms with van der Waals surface area (Å²) in [5, 5.41) is 4.41. The van der Waals surface area contributed by atoms with Gasteiger partial charge in [0, 0.05) is 30.7 Å². The van der Waals surface area contributed by atoms with Gasteiger partial charge in [0.05, 0.1) is 18.2 Å². The highest BCUT2D eigenvalue weighted by atomic mass is 32.1. The molecule has 2 heterocycles. The lowest BCUT2D eigenvalue weighted by Gasteiger charge is -2.04. The van der Waals surface area contributed by atoms with Gasteiger partial charge in [0.15, 0.2) is 0 Å². The third-order valence-corrected chi connectivity index (χ3v) is 3.29. The smallest absolute Gasteiger partial charge is 0.141 e. The van der Waals surface area contributed by atoms with Crippen molar-refractivity contribution < 1.29 is 0 Å². The lowest BCUT2D eigenvalue weighted by Crippen LogP contribution is -2.21. The molecule has 0 unspecified atom stereocenters. The van der Waals surface area contributed by atoms with Crippen molar-refractivity contribution in [3.05, 3.63) is 23.6 Å². The zero-order chi connectivity index (χ0) is 11.5. The van der Waals surface area contributed by atoms with Gasteiger partial charge < -0.3 is 9.88 Å². The van der Waals surface area contributed by atoms with E-state index < -0.39 is 0 Å². The minimum Gasteiger partial charge on any atom is -0.332 e. The van der Waals surface area contributed by atoms with Gasteiger partial charge in [0.1, 0.15) is 5.01 Å². The normalized spacial score (nSPS) is 11.2. The first-order chi connectivity index (χ1) is 7.66. The predicted octanol–water partition coefficient (Wildman–Crippen LogP) is 2.04. The monoisotopic (exact) mass is 236 g/mol. The van der Waals surface area contributed by atoms with Crippen molar-refractivity contribution >= 4 is 11.3 Å². The van der Waals surface area contributed by atoms with E-state index in [4.69, 9.17) is 0 Å². The lowest BCUT2D eigenvalue weighted by atomic mass is 10.4. The molecule has 2 aromatic rings. The van der Waals surface area contributed by atoms with Crippen LogP contribution < -0.4 is 5.32 Å². The average molecular weight is 236 g/mol. The van der Waals surface area contributed by atoms with Crippen LogP contribution >= 0.6 is 11.3 Å². The summed E-state index contributed by atoms with van der Waals surface area (Å²) in [7, 11) is 1.98. The van der Waals surface area contributed by atoms with E-state index in [1.807, 2.05) is 24.0 Å². The number of rotatable bonds is 4. The SMILES string of the molecule is CC(C)NCc1cnc(-c2cncn2C)s1. The molecule has 0 amide bonds. The highest BCUT2D eigenvalue weighted by Gasteiger charge is 2.07. The Bertz CT molecular complexity index is 458. The molecule has 0 spiro atoms. The molecule has 0 aliphatic rings. The van der Waals surface area contributed by atoms with E-state index in [9.17, 15) is 0 Å². The van der Waals surface area contributed by atoms with E-state index in [0.717, 1.165) is 17.2 Å². The molecule has 0 radical (unpaired) electrons. The van der Waals surface area contributed by atoms with E-state index in [-0.39, 0.29) is 0 Å². The second kappa shape index (κ2) is 4.76. The third kappa shape index (κ3) is 2.48. The topological polar surface area (TPSA) is 42.7 Å². The number of nitrogens with one attached hydrogen (secondary N) is 1. The van der Waals surface area contributed by atoms with Crippen LogP contribution in [-0.4, -0.2) is 20.6 Å². The molecule has 86 valence electrons. The van der Waals surface area contributed by atoms with Crippen LogP contribution in [0.15, 0.2) is 18.7 Å². The maximum absolute atomic E-state index is 4.42. The molecule has 16 heavy (non-hydrogen) atoms. The van der Waals surface area contributed by atoms with Crippen LogP contribution in [0.4, 0.5) is 0 Å². The van der Waals surface area contributed by atoms with Crippen LogP contribution in [0.25, 0.3) is 10.7 Å². The van der Waals surface area contributed by atoms with E-state index in [0.29, 0.717) is 6.04 Å². The molecule has 0 saturated heterocycles. The van der Waals surface area contributed by atoms with Crippen LogP contribution in [0.2, 0.25) is 0 Å². The Morgan fingerprint density at radius 2 is 2.25 bits per heavy atom. The Kier molecular flexibility index (Phi) is 3.36. The molecule has 2 aromatic heterocycles. The first-order valence-electron chi connectivity index (χ1n) is 5.31. The van der Waals surface area contributed by atoms with Crippen molar-refractivity contribution in [3.63, 3.8) is 0 Å². The van der Waals surface area contributed by atoms with Gasteiger partial charge in [-0.3, -0.25) is 0 Å². The van der Waals surface area contributed by atoms with Crippen LogP contribution in [0.1, 0.15) is 18.7 Å². The fourth-order valence-electron chi connectivity index (χ4n) is 1.38. The molecule has 4 nitrogen and oxygen atoms in total. The van der Waals surface area contributed by atoms with Crippen LogP contribution in [0.3, 0.4) is 0 Å². The lowest BCUT2D eigenvalue weighted by molar-refractivity contribution is 0.593. The predicted molar refractivity (Wildman–Crippen MR) is 66.3 cm³/mol. The second-order valence-corrected chi connectivity index (χ2v) is 5.17. The van der Waals surface area contributed by atoms with Gasteiger partial charge in [-0.05, 0) is 0 Å². The Balaban J connectivity index is 2.11. The average Bonchev–Trinajstić information content (AvgIpc) is 2.83. The summed E-state index contributed by atoms with van der Waals surface area (Å²) in [6, 6.07) is 0.502. The molecular formula is C11H16N4S. The first kappa shape index (κ1) is 11.3. The third-order valence-electron chi connectivity index (χ3n) is 2.27. The number of hydrogen-bond donors (Lipinski definition) is 1. The van der Waals surface area contributed by atoms with E-state index >= 15 is 0 Å². The van der Waals surface area contributed by atoms with Crippen LogP contribution in [0.5, 0.6) is 0 Å². The minimum atomic E-state index is 0.502. The molecule has 2 rings (SSSR count). The number of imidazole rings is 1. The zero-order valence-electron chi connectivity index (χ0n) is 9.77. The van der Waals surface area contributed by atoms with Gasteiger partial charge in [-0.25, -0.2) is 9.97 Å². The van der Waals surface area contributed by atoms with Gasteiger partial charge in [-0.15, -0.1) is 11.3 Å². The highest BCUT2D eigenvalue weighted by molar-refractivity contribution is 7.15. The highest BCUT2D eigenvalue weighted by Crippen LogP contribution is 2.24. The number of hydrogen-bond acceptors (Lipinski definition) is 4. The fourth-order valence-corrected chi connectivity index (χ4v) is 2.29. The molecule has 0 aliphatic heterocycles. The summed E-state index contributed by atoms with van der Waals surface area (Å²) >= 11 is 1.71. The Morgan fingerprint density at radius 1 is 1.44 bits per heavy atom. The molecule has 0 fully saturated rings. The van der Waals surface area contributed by atoms with Crippen molar-refractivity contribution in [1.29, 1.82) is 0 Å². The summed E-state index contributed by atoms with van der Waals surface area (Å²) in [4.78, 5) is 9.77. The number of nitrogens with zero attached hydrogens (tertiary/aromatic N) is 3. The van der Waals surface area contributed by atoms with Crippen LogP contribution in [-0.2, 0) is 13.6 Å². The number of aryl methyl sites for hydroxylation is 1. The maximum Gasteiger partial charge on any atom is 0.141 e. The Hall–Kier alpha value is -1.20. The first-order valence-corrected chi connectivity index (χ1v) is 6.13. The van der Waals surface area contributed by atoms with Gasteiger partial charge in [0.2, 0.25) is 0 Å². The molecule has 5 heteroatoms. The molecule has 0 atom stereocenters. The van der Waals surface area contributed by atoms with Gasteiger partial charge in [0.25, 0.3) is 0 Å². The van der Waals surface area contributed by atoms with Gasteiger partial charge >= 0.3 is 0 Å². The van der Waals surface area contributed by atoms with Crippen molar-refractivity contribution in [2.45, 2.75) is 26.4 Å². The van der Waals surface area contributed by atoms with Crippen molar-refractivity contribution in [2.75, 3.05) is 0 Å². The molecule has 0 aliphatic carbocycles. The standard InChI is InChI=1S/C11H16N4S/c1-8(2)13-4-9-5-14-11(16-9)10-6-12-7-15(10)3/h5-8,13H,4H2,1-3H3. The number of thiazole rings is 1. The summed E-state index contributed by atoms with van der Waals surface area (Å²) in [6.07, 6.45) is 5.57. The van der Waals surface area contributed by atoms with E-state index in [2.05, 4.69) is 29.1 Å². The molecule has 1 N–H and O–H groups in total. The summed E-state index contributed by atoms with van der Waals surface area (Å²) in [5.74, 6) is 0. The Morgan fingerprint density at radius 3 is 2.88 bits per heavy atom. The number of aromatic nitrogens is 3. The molecule has 0 bridgehead atoms. The summed E-state index contributed by atoms with van der Waals surface area (Å²) in [6.45, 7) is 5.17.